The summed E-state index contributed by atoms with van der Waals surface area (Å²) >= 11 is 0. The molecule has 3 rings (SSSR count). The number of carbonyl (C=O) groups is 1. The van der Waals surface area contributed by atoms with Crippen molar-refractivity contribution in [3.63, 3.8) is 0 Å². The van der Waals surface area contributed by atoms with Crippen LogP contribution in [-0.4, -0.2) is 40.3 Å². The Morgan fingerprint density at radius 1 is 1.04 bits per heavy atom. The van der Waals surface area contributed by atoms with Gasteiger partial charge in [-0.1, -0.05) is 72.8 Å². The highest BCUT2D eigenvalue weighted by atomic mass is 16.2. The van der Waals surface area contributed by atoms with Crippen LogP contribution in [0, 0.1) is 0 Å². The van der Waals surface area contributed by atoms with Crippen LogP contribution in [0.4, 0.5) is 0 Å². The SMILES string of the molecule is CN1C(=O)C(Cc2ccccc2)/[N+](=C\C/C=C/c2ccccc2)C1(C)C. The molecule has 0 radical (unpaired) electrons. The van der Waals surface area contributed by atoms with Gasteiger partial charge in [0.15, 0.2) is 0 Å². The monoisotopic (exact) mass is 347 g/mol. The van der Waals surface area contributed by atoms with Crippen LogP contribution in [-0.2, 0) is 11.2 Å². The predicted molar refractivity (Wildman–Crippen MR) is 107 cm³/mol. The van der Waals surface area contributed by atoms with Crippen LogP contribution in [0.2, 0.25) is 0 Å². The van der Waals surface area contributed by atoms with E-state index in [9.17, 15) is 4.79 Å². The molecular weight excluding hydrogens is 320 g/mol. The molecule has 26 heavy (non-hydrogen) atoms. The lowest BCUT2D eigenvalue weighted by atomic mass is 10.1. The zero-order chi connectivity index (χ0) is 18.6. The van der Waals surface area contributed by atoms with Gasteiger partial charge in [-0.05, 0) is 11.1 Å². The van der Waals surface area contributed by atoms with E-state index in [1.807, 2.05) is 48.3 Å². The molecule has 0 bridgehead atoms. The van der Waals surface area contributed by atoms with Crippen LogP contribution in [0.25, 0.3) is 6.08 Å². The quantitative estimate of drug-likeness (QED) is 0.750. The fourth-order valence-corrected chi connectivity index (χ4v) is 3.48. The van der Waals surface area contributed by atoms with E-state index in [1.54, 1.807) is 0 Å². The molecule has 2 aromatic rings. The number of nitrogens with zero attached hydrogens (tertiary/aromatic N) is 2. The molecule has 0 spiro atoms. The number of hydrogen-bond acceptors (Lipinski definition) is 1. The zero-order valence-corrected chi connectivity index (χ0v) is 15.8. The summed E-state index contributed by atoms with van der Waals surface area (Å²) in [5.74, 6) is 0.183. The van der Waals surface area contributed by atoms with E-state index < -0.39 is 0 Å². The summed E-state index contributed by atoms with van der Waals surface area (Å²) in [6.07, 6.45) is 7.95. The predicted octanol–water partition coefficient (Wildman–Crippen LogP) is 3.99. The number of rotatable bonds is 5. The first-order valence-electron chi connectivity index (χ1n) is 9.15. The topological polar surface area (TPSA) is 23.3 Å². The van der Waals surface area contributed by atoms with Gasteiger partial charge in [-0.3, -0.25) is 9.69 Å². The molecule has 1 amide bonds. The van der Waals surface area contributed by atoms with Crippen LogP contribution >= 0.6 is 0 Å². The van der Waals surface area contributed by atoms with Gasteiger partial charge in [0, 0.05) is 33.7 Å². The lowest BCUT2D eigenvalue weighted by Crippen LogP contribution is -2.43. The third-order valence-electron chi connectivity index (χ3n) is 5.22. The third-order valence-corrected chi connectivity index (χ3v) is 5.22. The number of allylic oxidation sites excluding steroid dienone is 1. The van der Waals surface area contributed by atoms with Crippen LogP contribution in [0.15, 0.2) is 66.7 Å². The average Bonchev–Trinajstić information content (AvgIpc) is 2.81. The molecule has 3 heteroatoms. The Balaban J connectivity index is 1.80. The Kier molecular flexibility index (Phi) is 5.36. The van der Waals surface area contributed by atoms with Crippen molar-refractivity contribution < 1.29 is 9.37 Å². The van der Waals surface area contributed by atoms with Crippen molar-refractivity contribution in [2.24, 2.45) is 0 Å². The fourth-order valence-electron chi connectivity index (χ4n) is 3.48. The Hall–Kier alpha value is -2.68. The van der Waals surface area contributed by atoms with Crippen molar-refractivity contribution in [2.45, 2.75) is 38.4 Å². The summed E-state index contributed by atoms with van der Waals surface area (Å²) in [5, 5.41) is 0. The van der Waals surface area contributed by atoms with Gasteiger partial charge in [-0.25, -0.2) is 4.58 Å². The minimum absolute atomic E-state index is 0.150. The highest BCUT2D eigenvalue weighted by Gasteiger charge is 2.53. The second-order valence-electron chi connectivity index (χ2n) is 7.24. The zero-order valence-electron chi connectivity index (χ0n) is 15.8. The van der Waals surface area contributed by atoms with E-state index in [0.29, 0.717) is 0 Å². The van der Waals surface area contributed by atoms with Crippen LogP contribution < -0.4 is 0 Å². The highest BCUT2D eigenvalue weighted by Crippen LogP contribution is 2.27. The fraction of sp³-hybridized carbons (Fsp3) is 0.304. The molecule has 1 aliphatic rings. The summed E-state index contributed by atoms with van der Waals surface area (Å²) in [6.45, 7) is 4.21. The Bertz CT molecular complexity index is 807. The average molecular weight is 347 g/mol. The Labute approximate surface area is 156 Å². The standard InChI is InChI=1S/C23H27N2O/c1-23(2)24(3)22(26)21(18-20-15-8-5-9-16-20)25(23)17-11-10-14-19-12-6-4-7-13-19/h4-10,12-17,21H,11,18H2,1-3H3/q+1/b14-10+,25-17+. The molecule has 1 aliphatic heterocycles. The number of carbonyl (C=O) groups excluding carboxylic acids is 1. The first-order chi connectivity index (χ1) is 12.5. The molecule has 0 N–H and O–H groups in total. The second kappa shape index (κ2) is 7.69. The molecule has 2 aromatic carbocycles. The normalized spacial score (nSPS) is 21.0. The first-order valence-corrected chi connectivity index (χ1v) is 9.15. The number of likely N-dealkylation sites (N-methyl/N-ethyl adjacent to an activating group) is 1. The van der Waals surface area contributed by atoms with Crippen LogP contribution in [0.1, 0.15) is 31.4 Å². The van der Waals surface area contributed by atoms with Gasteiger partial charge in [0.25, 0.3) is 5.91 Å². The lowest BCUT2D eigenvalue weighted by molar-refractivity contribution is -0.617. The smallest absolute Gasteiger partial charge is 0.280 e. The number of hydrogen-bond donors (Lipinski definition) is 0. The van der Waals surface area contributed by atoms with Crippen LogP contribution in [0.3, 0.4) is 0 Å². The van der Waals surface area contributed by atoms with E-state index >= 15 is 0 Å². The maximum atomic E-state index is 12.8. The summed E-state index contributed by atoms with van der Waals surface area (Å²) in [6, 6.07) is 20.4. The molecule has 0 saturated carbocycles. The molecule has 0 aliphatic carbocycles. The summed E-state index contributed by atoms with van der Waals surface area (Å²) in [5.41, 5.74) is 2.06. The summed E-state index contributed by atoms with van der Waals surface area (Å²) in [7, 11) is 1.90. The summed E-state index contributed by atoms with van der Waals surface area (Å²) in [4.78, 5) is 14.7. The molecule has 1 unspecified atom stereocenters. The molecule has 134 valence electrons. The van der Waals surface area contributed by atoms with Gasteiger partial charge in [-0.15, -0.1) is 0 Å². The van der Waals surface area contributed by atoms with Crippen molar-refractivity contribution in [3.05, 3.63) is 77.9 Å². The van der Waals surface area contributed by atoms with Crippen LogP contribution in [0.5, 0.6) is 0 Å². The minimum Gasteiger partial charge on any atom is -0.280 e. The van der Waals surface area contributed by atoms with Crippen molar-refractivity contribution in [3.8, 4) is 0 Å². The van der Waals surface area contributed by atoms with Gasteiger partial charge >= 0.3 is 0 Å². The summed E-state index contributed by atoms with van der Waals surface area (Å²) < 4.78 is 2.22. The van der Waals surface area contributed by atoms with Gasteiger partial charge in [0.1, 0.15) is 6.21 Å². The van der Waals surface area contributed by atoms with Crippen molar-refractivity contribution in [2.75, 3.05) is 7.05 Å². The van der Waals surface area contributed by atoms with Crippen molar-refractivity contribution in [1.29, 1.82) is 0 Å². The molecular formula is C23H27N2O+. The van der Waals surface area contributed by atoms with E-state index in [4.69, 9.17) is 0 Å². The van der Waals surface area contributed by atoms with Gasteiger partial charge in [-0.2, -0.15) is 0 Å². The maximum Gasteiger partial charge on any atom is 0.296 e. The van der Waals surface area contributed by atoms with Gasteiger partial charge in [0.2, 0.25) is 11.7 Å². The third kappa shape index (κ3) is 3.77. The second-order valence-corrected chi connectivity index (χ2v) is 7.24. The van der Waals surface area contributed by atoms with Gasteiger partial charge in [0.05, 0.1) is 0 Å². The Morgan fingerprint density at radius 2 is 1.65 bits per heavy atom. The van der Waals surface area contributed by atoms with E-state index in [2.05, 4.69) is 61.1 Å². The molecule has 0 aromatic heterocycles. The number of benzene rings is 2. The van der Waals surface area contributed by atoms with E-state index in [-0.39, 0.29) is 17.6 Å². The number of amides is 1. The molecule has 1 fully saturated rings. The highest BCUT2D eigenvalue weighted by molar-refractivity contribution is 5.83. The lowest BCUT2D eigenvalue weighted by Gasteiger charge is -2.22. The first kappa shape index (κ1) is 18.1. The Morgan fingerprint density at radius 3 is 2.31 bits per heavy atom. The van der Waals surface area contributed by atoms with Gasteiger partial charge < -0.3 is 0 Å². The van der Waals surface area contributed by atoms with Crippen molar-refractivity contribution in [1.82, 2.24) is 4.90 Å². The largest absolute Gasteiger partial charge is 0.296 e. The molecule has 3 nitrogen and oxygen atoms in total. The molecule has 1 saturated heterocycles. The van der Waals surface area contributed by atoms with E-state index in [1.165, 1.54) is 11.1 Å². The molecule has 1 atom stereocenters. The van der Waals surface area contributed by atoms with E-state index in [0.717, 1.165) is 12.8 Å². The molecule has 1 heterocycles. The minimum atomic E-state index is -0.322. The maximum absolute atomic E-state index is 12.8. The van der Waals surface area contributed by atoms with Crippen molar-refractivity contribution >= 4 is 18.2 Å².